The van der Waals surface area contributed by atoms with Crippen LogP contribution < -0.4 is 15.1 Å². The topological polar surface area (TPSA) is 92.1 Å². The van der Waals surface area contributed by atoms with E-state index >= 15 is 0 Å². The van der Waals surface area contributed by atoms with Gasteiger partial charge in [0, 0.05) is 25.2 Å². The Hall–Kier alpha value is -4.18. The van der Waals surface area contributed by atoms with Crippen LogP contribution >= 0.6 is 0 Å². The van der Waals surface area contributed by atoms with Crippen LogP contribution in [0.2, 0.25) is 0 Å². The molecular formula is C26H27FN8O. The van der Waals surface area contributed by atoms with Gasteiger partial charge in [0.25, 0.3) is 5.91 Å². The number of fused-ring (bicyclic) bond motifs is 1. The second kappa shape index (κ2) is 9.46. The summed E-state index contributed by atoms with van der Waals surface area (Å²) in [6, 6.07) is 13.7. The van der Waals surface area contributed by atoms with Gasteiger partial charge < -0.3 is 10.2 Å². The molecule has 10 heteroatoms. The van der Waals surface area contributed by atoms with E-state index < -0.39 is 0 Å². The molecule has 0 unspecified atom stereocenters. The zero-order valence-corrected chi connectivity index (χ0v) is 20.6. The summed E-state index contributed by atoms with van der Waals surface area (Å²) in [6.45, 7) is 5.09. The van der Waals surface area contributed by atoms with Crippen molar-refractivity contribution in [2.75, 3.05) is 23.9 Å². The fraction of sp³-hybridized carbons (Fsp3) is 0.269. The molecule has 0 aliphatic carbocycles. The van der Waals surface area contributed by atoms with E-state index in [1.54, 1.807) is 33.7 Å². The second-order valence-corrected chi connectivity index (χ2v) is 8.96. The molecule has 0 saturated heterocycles. The fourth-order valence-corrected chi connectivity index (χ4v) is 4.22. The highest BCUT2D eigenvalue weighted by Crippen LogP contribution is 2.32. The number of pyridine rings is 2. The molecule has 0 bridgehead atoms. The molecule has 184 valence electrons. The van der Waals surface area contributed by atoms with E-state index in [4.69, 9.17) is 9.97 Å². The molecule has 0 spiro atoms. The van der Waals surface area contributed by atoms with Crippen LogP contribution in [0.3, 0.4) is 0 Å². The molecule has 9 nitrogen and oxygen atoms in total. The number of amides is 1. The van der Waals surface area contributed by atoms with Crippen molar-refractivity contribution in [3.05, 3.63) is 77.5 Å². The van der Waals surface area contributed by atoms with Crippen molar-refractivity contribution < 1.29 is 9.18 Å². The van der Waals surface area contributed by atoms with E-state index in [0.29, 0.717) is 41.7 Å². The first-order valence-electron chi connectivity index (χ1n) is 11.7. The summed E-state index contributed by atoms with van der Waals surface area (Å²) in [5.74, 6) is 1.22. The Morgan fingerprint density at radius 1 is 1.14 bits per heavy atom. The van der Waals surface area contributed by atoms with Crippen LogP contribution in [-0.2, 0) is 13.1 Å². The largest absolute Gasteiger partial charge is 0.357 e. The average Bonchev–Trinajstić information content (AvgIpc) is 3.49. The van der Waals surface area contributed by atoms with Gasteiger partial charge in [0.15, 0.2) is 5.82 Å². The van der Waals surface area contributed by atoms with Gasteiger partial charge in [0.2, 0.25) is 0 Å². The van der Waals surface area contributed by atoms with E-state index in [1.807, 2.05) is 31.1 Å². The smallest absolute Gasteiger partial charge is 0.260 e. The normalized spacial score (nSPS) is 12.9. The van der Waals surface area contributed by atoms with E-state index in [9.17, 15) is 9.18 Å². The molecule has 1 aliphatic rings. The Bertz CT molecular complexity index is 1430. The van der Waals surface area contributed by atoms with Gasteiger partial charge in [-0.3, -0.25) is 14.3 Å². The third kappa shape index (κ3) is 4.20. The summed E-state index contributed by atoms with van der Waals surface area (Å²) in [5.41, 5.74) is 3.47. The Balaban J connectivity index is 1.51. The van der Waals surface area contributed by atoms with Crippen molar-refractivity contribution in [2.24, 2.45) is 0 Å². The van der Waals surface area contributed by atoms with Crippen molar-refractivity contribution in [2.45, 2.75) is 33.0 Å². The summed E-state index contributed by atoms with van der Waals surface area (Å²) in [6.07, 6.45) is 1.51. The maximum absolute atomic E-state index is 13.8. The predicted octanol–water partition coefficient (Wildman–Crippen LogP) is 3.59. The number of hydrogen-bond acceptors (Lipinski definition) is 7. The lowest BCUT2D eigenvalue weighted by Gasteiger charge is -2.24. The number of aromatic nitrogens is 5. The van der Waals surface area contributed by atoms with Crippen molar-refractivity contribution in [3.63, 3.8) is 0 Å². The maximum atomic E-state index is 13.8. The van der Waals surface area contributed by atoms with Crippen LogP contribution in [0.1, 0.15) is 35.5 Å². The lowest BCUT2D eigenvalue weighted by atomic mass is 10.1. The van der Waals surface area contributed by atoms with Gasteiger partial charge in [0.1, 0.15) is 29.5 Å². The van der Waals surface area contributed by atoms with Gasteiger partial charge in [-0.25, -0.2) is 14.4 Å². The van der Waals surface area contributed by atoms with Gasteiger partial charge in [-0.1, -0.05) is 12.1 Å². The Kier molecular flexibility index (Phi) is 6.19. The van der Waals surface area contributed by atoms with Gasteiger partial charge in [-0.15, -0.1) is 10.2 Å². The minimum absolute atomic E-state index is 0.126. The summed E-state index contributed by atoms with van der Waals surface area (Å²) in [5, 5.41) is 11.4. The number of rotatable bonds is 7. The lowest BCUT2D eigenvalue weighted by molar-refractivity contribution is 0.0996. The number of nitrogens with zero attached hydrogens (tertiary/aromatic N) is 7. The Morgan fingerprint density at radius 3 is 2.69 bits per heavy atom. The van der Waals surface area contributed by atoms with Gasteiger partial charge in [-0.05, 0) is 57.3 Å². The monoisotopic (exact) mass is 486 g/mol. The highest BCUT2D eigenvalue weighted by atomic mass is 19.1. The molecule has 36 heavy (non-hydrogen) atoms. The Morgan fingerprint density at radius 2 is 1.94 bits per heavy atom. The van der Waals surface area contributed by atoms with Crippen molar-refractivity contribution in [1.29, 1.82) is 0 Å². The van der Waals surface area contributed by atoms with Crippen LogP contribution in [0, 0.1) is 5.82 Å². The first kappa shape index (κ1) is 23.6. The molecule has 1 aromatic carbocycles. The fourth-order valence-electron chi connectivity index (χ4n) is 4.22. The molecule has 1 aliphatic heterocycles. The van der Waals surface area contributed by atoms with Crippen molar-refractivity contribution >= 4 is 17.5 Å². The van der Waals surface area contributed by atoms with Gasteiger partial charge in [0.05, 0.1) is 23.5 Å². The third-order valence-corrected chi connectivity index (χ3v) is 6.34. The van der Waals surface area contributed by atoms with E-state index in [2.05, 4.69) is 29.4 Å². The molecule has 0 saturated carbocycles. The minimum atomic E-state index is -0.359. The number of anilines is 2. The summed E-state index contributed by atoms with van der Waals surface area (Å²) in [4.78, 5) is 26.8. The number of carbonyl (C=O) groups is 1. The molecule has 3 aromatic heterocycles. The average molecular weight is 487 g/mol. The minimum Gasteiger partial charge on any atom is -0.357 e. The van der Waals surface area contributed by atoms with Gasteiger partial charge >= 0.3 is 0 Å². The third-order valence-electron chi connectivity index (χ3n) is 6.34. The molecule has 4 heterocycles. The molecule has 0 fully saturated rings. The zero-order chi connectivity index (χ0) is 25.4. The summed E-state index contributed by atoms with van der Waals surface area (Å²) in [7, 11) is 3.83. The number of hydrogen-bond donors (Lipinski definition) is 1. The van der Waals surface area contributed by atoms with Crippen LogP contribution in [0.4, 0.5) is 16.0 Å². The number of benzene rings is 1. The highest BCUT2D eigenvalue weighted by Gasteiger charge is 2.33. The zero-order valence-electron chi connectivity index (χ0n) is 20.6. The summed E-state index contributed by atoms with van der Waals surface area (Å²) < 4.78 is 15.5. The van der Waals surface area contributed by atoms with Crippen molar-refractivity contribution in [1.82, 2.24) is 30.0 Å². The molecule has 0 atom stereocenters. The molecular weight excluding hydrogens is 459 g/mol. The van der Waals surface area contributed by atoms with E-state index in [0.717, 1.165) is 17.1 Å². The Labute approximate surface area is 208 Å². The SMILES string of the molecule is CNCc1nc(N(C)C(C)C)cc2c1CN(c1cccc(-c3nncn3-c3cccc(F)c3)n1)C2=O. The maximum Gasteiger partial charge on any atom is 0.260 e. The molecule has 5 rings (SSSR count). The standard InChI is InChI=1S/C26H27FN8O/c1-16(2)33(4)24-12-19-20(22(31-24)13-28-3)14-34(26(19)36)23-10-6-9-21(30-23)25-32-29-15-35(25)18-8-5-7-17(27)11-18/h5-12,15-16,28H,13-14H2,1-4H3. The van der Waals surface area contributed by atoms with Crippen LogP contribution in [0.25, 0.3) is 17.2 Å². The number of halogens is 1. The molecule has 0 radical (unpaired) electrons. The number of carbonyl (C=O) groups excluding carboxylic acids is 1. The lowest BCUT2D eigenvalue weighted by Crippen LogP contribution is -2.27. The molecule has 1 N–H and O–H groups in total. The second-order valence-electron chi connectivity index (χ2n) is 8.96. The highest BCUT2D eigenvalue weighted by molar-refractivity contribution is 6.10. The number of nitrogens with one attached hydrogen (secondary N) is 1. The van der Waals surface area contributed by atoms with E-state index in [-0.39, 0.29) is 17.8 Å². The van der Waals surface area contributed by atoms with Gasteiger partial charge in [-0.2, -0.15) is 0 Å². The predicted molar refractivity (Wildman–Crippen MR) is 136 cm³/mol. The first-order valence-corrected chi connectivity index (χ1v) is 11.7. The molecule has 4 aromatic rings. The van der Waals surface area contributed by atoms with Crippen LogP contribution in [0.15, 0.2) is 54.9 Å². The first-order chi connectivity index (χ1) is 17.4. The quantitative estimate of drug-likeness (QED) is 0.427. The van der Waals surface area contributed by atoms with Crippen molar-refractivity contribution in [3.8, 4) is 17.2 Å². The summed E-state index contributed by atoms with van der Waals surface area (Å²) >= 11 is 0. The van der Waals surface area contributed by atoms with Crippen LogP contribution in [0.5, 0.6) is 0 Å². The molecule has 1 amide bonds. The van der Waals surface area contributed by atoms with Crippen LogP contribution in [-0.4, -0.2) is 50.8 Å². The van der Waals surface area contributed by atoms with E-state index in [1.165, 1.54) is 18.5 Å².